The van der Waals surface area contributed by atoms with Crippen molar-refractivity contribution >= 4 is 25.5 Å². The number of ketones is 1. The molecule has 0 heterocycles. The Morgan fingerprint density at radius 1 is 0.868 bits per heavy atom. The number of carbonyl (C=O) groups is 3. The summed E-state index contributed by atoms with van der Waals surface area (Å²) in [4.78, 5) is 47.5. The van der Waals surface area contributed by atoms with Crippen molar-refractivity contribution in [3.63, 3.8) is 0 Å². The molecule has 308 valence electrons. The molecule has 1 fully saturated rings. The molecule has 1 aliphatic carbocycles. The molecule has 0 saturated heterocycles. The van der Waals surface area contributed by atoms with E-state index in [0.29, 0.717) is 32.1 Å². The highest BCUT2D eigenvalue weighted by Crippen LogP contribution is 2.43. The summed E-state index contributed by atoms with van der Waals surface area (Å²) in [5, 5.41) is 39.0. The second-order valence-electron chi connectivity index (χ2n) is 14.6. The number of Topliss-reactive ketones (excluding diaryl/α,β-unsaturated/α-hetero) is 1. The minimum Gasteiger partial charge on any atom is -0.462 e. The highest BCUT2D eigenvalue weighted by atomic mass is 31.2. The van der Waals surface area contributed by atoms with E-state index in [1.54, 1.807) is 12.2 Å². The van der Waals surface area contributed by atoms with Crippen LogP contribution in [0.3, 0.4) is 0 Å². The summed E-state index contributed by atoms with van der Waals surface area (Å²) in [6.45, 7) is 4.18. The van der Waals surface area contributed by atoms with Crippen LogP contribution in [0.25, 0.3) is 0 Å². The summed E-state index contributed by atoms with van der Waals surface area (Å²) in [6.07, 6.45) is 16.9. The van der Waals surface area contributed by atoms with Crippen LogP contribution in [0.15, 0.2) is 24.3 Å². The number of esters is 2. The molecule has 0 bridgehead atoms. The zero-order valence-electron chi connectivity index (χ0n) is 32.4. The van der Waals surface area contributed by atoms with Gasteiger partial charge in [-0.15, -0.1) is 0 Å². The zero-order chi connectivity index (χ0) is 39.5. The Bertz CT molecular complexity index is 1110. The van der Waals surface area contributed by atoms with Gasteiger partial charge >= 0.3 is 19.8 Å². The van der Waals surface area contributed by atoms with Crippen LogP contribution in [-0.4, -0.2) is 93.9 Å². The summed E-state index contributed by atoms with van der Waals surface area (Å²) >= 11 is 0. The molecule has 0 aromatic carbocycles. The molecule has 0 amide bonds. The van der Waals surface area contributed by atoms with E-state index >= 15 is 0 Å². The summed E-state index contributed by atoms with van der Waals surface area (Å²) < 4.78 is 32.5. The second-order valence-corrected chi connectivity index (χ2v) is 16.0. The van der Waals surface area contributed by atoms with Gasteiger partial charge in [0.05, 0.1) is 32.0 Å². The number of carbonyl (C=O) groups excluding carboxylic acids is 3. The molecular formula is C39H69O13P. The average Bonchev–Trinajstić information content (AvgIpc) is 3.38. The molecule has 0 aromatic heterocycles. The van der Waals surface area contributed by atoms with E-state index in [1.165, 1.54) is 25.7 Å². The topological polar surface area (TPSA) is 206 Å². The fourth-order valence-corrected chi connectivity index (χ4v) is 6.77. The highest BCUT2D eigenvalue weighted by Gasteiger charge is 2.39. The third-order valence-corrected chi connectivity index (χ3v) is 10.1. The van der Waals surface area contributed by atoms with E-state index in [2.05, 4.69) is 25.3 Å². The molecule has 0 aromatic rings. The lowest BCUT2D eigenvalue weighted by atomic mass is 9.90. The number of hydrogen-bond acceptors (Lipinski definition) is 12. The van der Waals surface area contributed by atoms with E-state index in [1.807, 2.05) is 12.2 Å². The molecule has 0 aliphatic heterocycles. The van der Waals surface area contributed by atoms with Crippen molar-refractivity contribution in [2.24, 2.45) is 17.8 Å². The number of unbranched alkanes of at least 4 members (excludes halogenated alkanes) is 9. The SMILES string of the molecule is CCCCC[C@H](O)/C=C/[C@H]1C(=O)C[C@H](O)[C@@H]1C/C=C\CCCC(=O)O[C@H](COC(=O)CCCCCCCCCC(C)C)COP(=O)(O)OC[C@@H](O)CO. The van der Waals surface area contributed by atoms with Crippen LogP contribution in [0.1, 0.15) is 136 Å². The molecule has 14 heteroatoms. The van der Waals surface area contributed by atoms with E-state index in [9.17, 15) is 39.2 Å². The molecule has 1 unspecified atom stereocenters. The first-order valence-electron chi connectivity index (χ1n) is 19.8. The lowest BCUT2D eigenvalue weighted by Crippen LogP contribution is -2.29. The van der Waals surface area contributed by atoms with Crippen molar-refractivity contribution < 1.29 is 62.8 Å². The van der Waals surface area contributed by atoms with Crippen LogP contribution < -0.4 is 0 Å². The fraction of sp³-hybridized carbons (Fsp3) is 0.821. The number of phosphoric acid groups is 1. The summed E-state index contributed by atoms with van der Waals surface area (Å²) in [5.74, 6) is -1.22. The minimum absolute atomic E-state index is 0.00590. The Morgan fingerprint density at radius 2 is 1.51 bits per heavy atom. The largest absolute Gasteiger partial charge is 0.472 e. The van der Waals surface area contributed by atoms with E-state index < -0.39 is 76.5 Å². The van der Waals surface area contributed by atoms with E-state index in [-0.39, 0.29) is 31.0 Å². The van der Waals surface area contributed by atoms with Gasteiger partial charge in [-0.2, -0.15) is 0 Å². The van der Waals surface area contributed by atoms with Crippen molar-refractivity contribution in [3.8, 4) is 0 Å². The van der Waals surface area contributed by atoms with Crippen molar-refractivity contribution in [2.45, 2.75) is 161 Å². The van der Waals surface area contributed by atoms with Crippen LogP contribution in [0.2, 0.25) is 0 Å². The molecule has 1 rings (SSSR count). The van der Waals surface area contributed by atoms with Gasteiger partial charge in [0, 0.05) is 31.1 Å². The van der Waals surface area contributed by atoms with Crippen molar-refractivity contribution in [1.82, 2.24) is 0 Å². The van der Waals surface area contributed by atoms with Gasteiger partial charge in [0.1, 0.15) is 18.5 Å². The summed E-state index contributed by atoms with van der Waals surface area (Å²) in [7, 11) is -4.68. The van der Waals surface area contributed by atoms with E-state index in [0.717, 1.165) is 44.4 Å². The maximum Gasteiger partial charge on any atom is 0.472 e. The minimum atomic E-state index is -4.68. The molecule has 1 aliphatic rings. The number of aliphatic hydroxyl groups is 4. The van der Waals surface area contributed by atoms with Crippen LogP contribution >= 0.6 is 7.82 Å². The molecule has 0 radical (unpaired) electrons. The van der Waals surface area contributed by atoms with Gasteiger partial charge in [-0.05, 0) is 38.0 Å². The first-order chi connectivity index (χ1) is 25.3. The van der Waals surface area contributed by atoms with Gasteiger partial charge < -0.3 is 34.8 Å². The number of hydrogen-bond donors (Lipinski definition) is 5. The van der Waals surface area contributed by atoms with Crippen molar-refractivity contribution in [3.05, 3.63) is 24.3 Å². The second kappa shape index (κ2) is 29.3. The molecule has 1 saturated carbocycles. The quantitative estimate of drug-likeness (QED) is 0.0221. The Kier molecular flexibility index (Phi) is 27.2. The van der Waals surface area contributed by atoms with Gasteiger partial charge in [-0.1, -0.05) is 109 Å². The van der Waals surface area contributed by atoms with Gasteiger partial charge in [-0.25, -0.2) is 4.57 Å². The first kappa shape index (κ1) is 49.1. The predicted octanol–water partition coefficient (Wildman–Crippen LogP) is 6.28. The number of rotatable bonds is 32. The van der Waals surface area contributed by atoms with Gasteiger partial charge in [0.25, 0.3) is 0 Å². The van der Waals surface area contributed by atoms with Gasteiger partial charge in [0.15, 0.2) is 6.10 Å². The van der Waals surface area contributed by atoms with Crippen molar-refractivity contribution in [2.75, 3.05) is 26.4 Å². The molecular weight excluding hydrogens is 707 g/mol. The monoisotopic (exact) mass is 776 g/mol. The van der Waals surface area contributed by atoms with Crippen LogP contribution in [0.4, 0.5) is 0 Å². The molecule has 7 atom stereocenters. The number of phosphoric ester groups is 1. The Balaban J connectivity index is 2.56. The Morgan fingerprint density at radius 3 is 2.19 bits per heavy atom. The average molecular weight is 777 g/mol. The maximum atomic E-state index is 12.7. The molecule has 0 spiro atoms. The molecule has 53 heavy (non-hydrogen) atoms. The van der Waals surface area contributed by atoms with Crippen LogP contribution in [-0.2, 0) is 37.5 Å². The third-order valence-electron chi connectivity index (χ3n) is 9.16. The smallest absolute Gasteiger partial charge is 0.462 e. The lowest BCUT2D eigenvalue weighted by Gasteiger charge is -2.20. The van der Waals surface area contributed by atoms with Crippen molar-refractivity contribution in [1.29, 1.82) is 0 Å². The highest BCUT2D eigenvalue weighted by molar-refractivity contribution is 7.47. The predicted molar refractivity (Wildman–Crippen MR) is 202 cm³/mol. The maximum absolute atomic E-state index is 12.7. The Labute approximate surface area is 317 Å². The fourth-order valence-electron chi connectivity index (χ4n) is 5.98. The standard InChI is InChI=1S/C39H69O13P/c1-4-5-13-19-31(41)23-24-35-34(36(43)25-37(35)44)20-15-11-12-17-22-39(46)52-33(29-51-53(47,48)50-27-32(42)26-40)28-49-38(45)21-16-10-8-6-7-9-14-18-30(2)3/h11,15,23-24,30-36,40-43H,4-10,12-14,16-22,25-29H2,1-3H3,(H,47,48)/b15-11-,24-23+/t31-,32-,33+,34+,35+,36-/m0/s1. The summed E-state index contributed by atoms with van der Waals surface area (Å²) in [5.41, 5.74) is 0. The van der Waals surface area contributed by atoms with E-state index in [4.69, 9.17) is 19.1 Å². The Hall–Kier alpha value is -1.96. The normalized spacial score (nSPS) is 20.6. The lowest BCUT2D eigenvalue weighted by molar-refractivity contribution is -0.161. The van der Waals surface area contributed by atoms with Crippen LogP contribution in [0.5, 0.6) is 0 Å². The summed E-state index contributed by atoms with van der Waals surface area (Å²) in [6, 6.07) is 0. The third kappa shape index (κ3) is 24.9. The zero-order valence-corrected chi connectivity index (χ0v) is 33.3. The molecule has 13 nitrogen and oxygen atoms in total. The number of aliphatic hydroxyl groups excluding tert-OH is 4. The van der Waals surface area contributed by atoms with Gasteiger partial charge in [-0.3, -0.25) is 23.4 Å². The number of ether oxygens (including phenoxy) is 2. The first-order valence-corrected chi connectivity index (χ1v) is 21.2. The molecule has 5 N–H and O–H groups in total. The van der Waals surface area contributed by atoms with Gasteiger partial charge in [0.2, 0.25) is 0 Å². The van der Waals surface area contributed by atoms with Crippen LogP contribution in [0, 0.1) is 17.8 Å². The number of allylic oxidation sites excluding steroid dienone is 3.